The third kappa shape index (κ3) is 3.06. The van der Waals surface area contributed by atoms with Gasteiger partial charge in [-0.05, 0) is 41.5 Å². The first-order chi connectivity index (χ1) is 8.20. The lowest BCUT2D eigenvalue weighted by Gasteiger charge is -2.11. The van der Waals surface area contributed by atoms with E-state index in [-0.39, 0.29) is 0 Å². The van der Waals surface area contributed by atoms with Crippen LogP contribution in [0.15, 0.2) is 40.9 Å². The molecule has 1 unspecified atom stereocenters. The largest absolute Gasteiger partial charge is 0.386 e. The zero-order chi connectivity index (χ0) is 12.3. The molecule has 2 aromatic carbocycles. The third-order valence-electron chi connectivity index (χ3n) is 2.69. The summed E-state index contributed by atoms with van der Waals surface area (Å²) in [5.41, 5.74) is 0.897. The highest BCUT2D eigenvalue weighted by Crippen LogP contribution is 2.23. The molecule has 0 aliphatic rings. The second kappa shape index (κ2) is 5.63. The van der Waals surface area contributed by atoms with Crippen molar-refractivity contribution in [3.63, 3.8) is 0 Å². The van der Waals surface area contributed by atoms with Crippen LogP contribution in [0.1, 0.15) is 18.6 Å². The zero-order valence-corrected chi connectivity index (χ0v) is 11.3. The predicted octanol–water partition coefficient (Wildman–Crippen LogP) is 3.67. The summed E-state index contributed by atoms with van der Waals surface area (Å²) < 4.78 is 6.29. The molecule has 0 aliphatic heterocycles. The van der Waals surface area contributed by atoms with E-state index < -0.39 is 6.10 Å². The normalized spacial score (nSPS) is 12.9. The van der Waals surface area contributed by atoms with E-state index in [4.69, 9.17) is 4.74 Å². The highest BCUT2D eigenvalue weighted by Gasteiger charge is 2.07. The Morgan fingerprint density at radius 3 is 2.65 bits per heavy atom. The van der Waals surface area contributed by atoms with Crippen LogP contribution in [-0.4, -0.2) is 18.3 Å². The summed E-state index contributed by atoms with van der Waals surface area (Å²) in [6.45, 7) is 2.89. The van der Waals surface area contributed by atoms with Crippen molar-refractivity contribution in [1.29, 1.82) is 0 Å². The number of benzene rings is 2. The van der Waals surface area contributed by atoms with Crippen molar-refractivity contribution in [1.82, 2.24) is 0 Å². The number of rotatable bonds is 4. The van der Waals surface area contributed by atoms with E-state index >= 15 is 0 Å². The first kappa shape index (κ1) is 12.6. The Labute approximate surface area is 109 Å². The van der Waals surface area contributed by atoms with Gasteiger partial charge < -0.3 is 9.84 Å². The average Bonchev–Trinajstić information content (AvgIpc) is 2.35. The van der Waals surface area contributed by atoms with Crippen LogP contribution in [0, 0.1) is 0 Å². The minimum absolute atomic E-state index is 0.346. The van der Waals surface area contributed by atoms with Gasteiger partial charge in [0.1, 0.15) is 6.10 Å². The summed E-state index contributed by atoms with van der Waals surface area (Å²) in [6, 6.07) is 12.1. The molecule has 1 N–H and O–H groups in total. The van der Waals surface area contributed by atoms with Gasteiger partial charge in [-0.1, -0.05) is 34.1 Å². The fourth-order valence-electron chi connectivity index (χ4n) is 1.77. The van der Waals surface area contributed by atoms with E-state index in [2.05, 4.69) is 22.0 Å². The van der Waals surface area contributed by atoms with Crippen LogP contribution < -0.4 is 0 Å². The number of halogens is 1. The van der Waals surface area contributed by atoms with E-state index in [0.29, 0.717) is 13.2 Å². The molecule has 0 amide bonds. The molecule has 0 heterocycles. The topological polar surface area (TPSA) is 29.5 Å². The van der Waals surface area contributed by atoms with Gasteiger partial charge in [-0.15, -0.1) is 0 Å². The first-order valence-electron chi connectivity index (χ1n) is 5.65. The molecule has 17 heavy (non-hydrogen) atoms. The molecule has 2 nitrogen and oxygen atoms in total. The van der Waals surface area contributed by atoms with Gasteiger partial charge in [0.2, 0.25) is 0 Å². The molecular weight excluding hydrogens is 280 g/mol. The van der Waals surface area contributed by atoms with E-state index in [1.165, 1.54) is 0 Å². The lowest BCUT2D eigenvalue weighted by Crippen LogP contribution is -2.06. The van der Waals surface area contributed by atoms with E-state index in [0.717, 1.165) is 20.8 Å². The van der Waals surface area contributed by atoms with Crippen LogP contribution in [0.4, 0.5) is 0 Å². The van der Waals surface area contributed by atoms with Crippen molar-refractivity contribution >= 4 is 26.7 Å². The van der Waals surface area contributed by atoms with E-state index in [1.54, 1.807) is 0 Å². The van der Waals surface area contributed by atoms with Gasteiger partial charge in [-0.25, -0.2) is 0 Å². The number of hydrogen-bond acceptors (Lipinski definition) is 2. The number of hydrogen-bond donors (Lipinski definition) is 1. The quantitative estimate of drug-likeness (QED) is 0.932. The van der Waals surface area contributed by atoms with Crippen molar-refractivity contribution < 1.29 is 9.84 Å². The Kier molecular flexibility index (Phi) is 4.15. The van der Waals surface area contributed by atoms with Crippen molar-refractivity contribution in [2.45, 2.75) is 13.0 Å². The van der Waals surface area contributed by atoms with Crippen LogP contribution in [0.2, 0.25) is 0 Å². The highest BCUT2D eigenvalue weighted by molar-refractivity contribution is 9.10. The van der Waals surface area contributed by atoms with Crippen molar-refractivity contribution in [3.05, 3.63) is 46.4 Å². The molecule has 2 aromatic rings. The Bertz CT molecular complexity index is 511. The van der Waals surface area contributed by atoms with Gasteiger partial charge in [0, 0.05) is 11.1 Å². The van der Waals surface area contributed by atoms with Crippen molar-refractivity contribution in [3.8, 4) is 0 Å². The molecule has 0 radical (unpaired) electrons. The Balaban J connectivity index is 2.28. The number of fused-ring (bicyclic) bond motifs is 1. The SMILES string of the molecule is CCOCC(O)c1ccc2cc(Br)ccc2c1. The standard InChI is InChI=1S/C14H15BrO2/c1-2-17-9-14(16)12-4-3-11-8-13(15)6-5-10(11)7-12/h3-8,14,16H,2,9H2,1H3. The molecule has 0 bridgehead atoms. The third-order valence-corrected chi connectivity index (χ3v) is 3.18. The fourth-order valence-corrected chi connectivity index (χ4v) is 2.15. The number of aliphatic hydroxyl groups is 1. The van der Waals surface area contributed by atoms with Gasteiger partial charge in [0.05, 0.1) is 6.61 Å². The minimum atomic E-state index is -0.553. The second-order valence-electron chi connectivity index (χ2n) is 3.93. The molecule has 0 spiro atoms. The maximum atomic E-state index is 9.93. The molecule has 2 rings (SSSR count). The van der Waals surface area contributed by atoms with Gasteiger partial charge >= 0.3 is 0 Å². The lowest BCUT2D eigenvalue weighted by atomic mass is 10.0. The van der Waals surface area contributed by atoms with E-state index in [9.17, 15) is 5.11 Å². The van der Waals surface area contributed by atoms with Crippen LogP contribution >= 0.6 is 15.9 Å². The molecule has 0 aromatic heterocycles. The average molecular weight is 295 g/mol. The zero-order valence-electron chi connectivity index (χ0n) is 9.69. The molecule has 0 aliphatic carbocycles. The van der Waals surface area contributed by atoms with Gasteiger partial charge in [-0.2, -0.15) is 0 Å². The smallest absolute Gasteiger partial charge is 0.102 e. The van der Waals surface area contributed by atoms with Crippen molar-refractivity contribution in [2.75, 3.05) is 13.2 Å². The molecule has 90 valence electrons. The van der Waals surface area contributed by atoms with Crippen LogP contribution in [0.25, 0.3) is 10.8 Å². The highest BCUT2D eigenvalue weighted by atomic mass is 79.9. The summed E-state index contributed by atoms with van der Waals surface area (Å²) in [5.74, 6) is 0. The Morgan fingerprint density at radius 1 is 1.18 bits per heavy atom. The van der Waals surface area contributed by atoms with Crippen LogP contribution in [0.5, 0.6) is 0 Å². The Morgan fingerprint density at radius 2 is 1.88 bits per heavy atom. The molecular formula is C14H15BrO2. The summed E-state index contributed by atoms with van der Waals surface area (Å²) in [4.78, 5) is 0. The summed E-state index contributed by atoms with van der Waals surface area (Å²) >= 11 is 3.44. The van der Waals surface area contributed by atoms with Crippen molar-refractivity contribution in [2.24, 2.45) is 0 Å². The second-order valence-corrected chi connectivity index (χ2v) is 4.84. The summed E-state index contributed by atoms with van der Waals surface area (Å²) in [6.07, 6.45) is -0.553. The van der Waals surface area contributed by atoms with Gasteiger partial charge in [0.15, 0.2) is 0 Å². The first-order valence-corrected chi connectivity index (χ1v) is 6.45. The molecule has 0 saturated carbocycles. The molecule has 0 saturated heterocycles. The predicted molar refractivity (Wildman–Crippen MR) is 73.1 cm³/mol. The maximum absolute atomic E-state index is 9.93. The Hall–Kier alpha value is -0.900. The number of aliphatic hydroxyl groups excluding tert-OH is 1. The number of ether oxygens (including phenoxy) is 1. The van der Waals surface area contributed by atoms with Gasteiger partial charge in [0.25, 0.3) is 0 Å². The van der Waals surface area contributed by atoms with Crippen LogP contribution in [-0.2, 0) is 4.74 Å². The monoisotopic (exact) mass is 294 g/mol. The lowest BCUT2D eigenvalue weighted by molar-refractivity contribution is 0.0421. The van der Waals surface area contributed by atoms with Crippen LogP contribution in [0.3, 0.4) is 0 Å². The summed E-state index contributed by atoms with van der Waals surface area (Å²) in [5, 5.41) is 12.2. The minimum Gasteiger partial charge on any atom is -0.386 e. The van der Waals surface area contributed by atoms with E-state index in [1.807, 2.05) is 37.3 Å². The van der Waals surface area contributed by atoms with Gasteiger partial charge in [-0.3, -0.25) is 0 Å². The molecule has 0 fully saturated rings. The molecule has 3 heteroatoms. The summed E-state index contributed by atoms with van der Waals surface area (Å²) in [7, 11) is 0. The maximum Gasteiger partial charge on any atom is 0.102 e. The molecule has 1 atom stereocenters. The fraction of sp³-hybridized carbons (Fsp3) is 0.286.